The first-order valence-corrected chi connectivity index (χ1v) is 12.0. The Morgan fingerprint density at radius 1 is 0.972 bits per heavy atom. The minimum absolute atomic E-state index is 0.0110. The molecular weight excluding hydrogens is 464 g/mol. The molecule has 0 unspecified atom stereocenters. The molecule has 2 heterocycles. The monoisotopic (exact) mass is 498 g/mol. The zero-order valence-electron chi connectivity index (χ0n) is 20.9. The second-order valence-corrected chi connectivity index (χ2v) is 9.38. The van der Waals surface area contributed by atoms with Crippen LogP contribution in [0.5, 0.6) is 11.6 Å². The molecule has 1 aliphatic rings. The number of aryl methyl sites for hydroxylation is 1. The predicted molar refractivity (Wildman–Crippen MR) is 133 cm³/mol. The highest BCUT2D eigenvalue weighted by Gasteiger charge is 2.45. The van der Waals surface area contributed by atoms with Crippen molar-refractivity contribution in [2.24, 2.45) is 0 Å². The maximum atomic E-state index is 10.6. The zero-order valence-corrected chi connectivity index (χ0v) is 20.9. The maximum Gasteiger partial charge on any atom is 0.239 e. The van der Waals surface area contributed by atoms with Crippen LogP contribution in [-0.4, -0.2) is 74.6 Å². The number of methoxy groups -OCH3 is 1. The summed E-state index contributed by atoms with van der Waals surface area (Å²) in [5.41, 5.74) is 4.71. The Morgan fingerprint density at radius 2 is 1.64 bits per heavy atom. The van der Waals surface area contributed by atoms with Gasteiger partial charge in [0, 0.05) is 23.6 Å². The summed E-state index contributed by atoms with van der Waals surface area (Å²) in [4.78, 5) is 0. The Morgan fingerprint density at radius 3 is 2.22 bits per heavy atom. The summed E-state index contributed by atoms with van der Waals surface area (Å²) < 4.78 is 18.8. The fourth-order valence-corrected chi connectivity index (χ4v) is 4.32. The van der Waals surface area contributed by atoms with Gasteiger partial charge in [-0.05, 0) is 38.5 Å². The van der Waals surface area contributed by atoms with Crippen LogP contribution in [0.1, 0.15) is 36.6 Å². The molecule has 3 aromatic rings. The number of aliphatic hydroxyl groups is 4. The molecule has 5 atom stereocenters. The minimum Gasteiger partial charge on any atom is -0.497 e. The number of hydrogen-bond acceptors (Lipinski definition) is 8. The Hall–Kier alpha value is -2.95. The quantitative estimate of drug-likeness (QED) is 0.373. The Labute approximate surface area is 210 Å². The largest absolute Gasteiger partial charge is 0.497 e. The number of rotatable bonds is 8. The molecule has 0 saturated carbocycles. The average molecular weight is 499 g/mol. The summed E-state index contributed by atoms with van der Waals surface area (Å²) in [6.07, 6.45) is -6.51. The van der Waals surface area contributed by atoms with Gasteiger partial charge in [0.1, 0.15) is 30.2 Å². The fourth-order valence-electron chi connectivity index (χ4n) is 4.32. The molecule has 2 aromatic carbocycles. The van der Waals surface area contributed by atoms with Gasteiger partial charge in [-0.15, -0.1) is 5.10 Å². The summed E-state index contributed by atoms with van der Waals surface area (Å²) in [6.45, 7) is 5.51. The second-order valence-electron chi connectivity index (χ2n) is 9.38. The number of nitrogens with zero attached hydrogens (tertiary/aromatic N) is 2. The topological polar surface area (TPSA) is 126 Å². The molecule has 4 rings (SSSR count). The Bertz CT molecular complexity index is 1140. The molecule has 9 heteroatoms. The van der Waals surface area contributed by atoms with Gasteiger partial charge >= 0.3 is 0 Å². The van der Waals surface area contributed by atoms with Gasteiger partial charge in [0.2, 0.25) is 12.2 Å². The smallest absolute Gasteiger partial charge is 0.239 e. The third-order valence-corrected chi connectivity index (χ3v) is 6.40. The molecule has 0 bridgehead atoms. The molecule has 0 aliphatic carbocycles. The first-order valence-electron chi connectivity index (χ1n) is 12.0. The van der Waals surface area contributed by atoms with Crippen LogP contribution >= 0.6 is 0 Å². The molecule has 1 aliphatic heterocycles. The van der Waals surface area contributed by atoms with Gasteiger partial charge in [0.15, 0.2) is 0 Å². The lowest BCUT2D eigenvalue weighted by Crippen LogP contribution is -2.60. The second kappa shape index (κ2) is 11.0. The van der Waals surface area contributed by atoms with Crippen LogP contribution in [0, 0.1) is 6.92 Å². The summed E-state index contributed by atoms with van der Waals surface area (Å²) in [5.74, 6) is 0.979. The summed E-state index contributed by atoms with van der Waals surface area (Å²) >= 11 is 0. The van der Waals surface area contributed by atoms with Gasteiger partial charge in [-0.1, -0.05) is 42.0 Å². The van der Waals surface area contributed by atoms with Crippen molar-refractivity contribution in [3.63, 3.8) is 0 Å². The van der Waals surface area contributed by atoms with E-state index in [4.69, 9.17) is 19.3 Å². The van der Waals surface area contributed by atoms with Crippen molar-refractivity contribution in [1.82, 2.24) is 9.78 Å². The van der Waals surface area contributed by atoms with Crippen molar-refractivity contribution < 1.29 is 34.6 Å². The number of ether oxygens (including phenoxy) is 3. The molecule has 1 saturated heterocycles. The Balaban J connectivity index is 1.79. The van der Waals surface area contributed by atoms with Crippen LogP contribution in [-0.2, 0) is 11.2 Å². The van der Waals surface area contributed by atoms with E-state index in [9.17, 15) is 20.4 Å². The first kappa shape index (κ1) is 26.1. The van der Waals surface area contributed by atoms with Gasteiger partial charge in [0.25, 0.3) is 0 Å². The highest BCUT2D eigenvalue weighted by Crippen LogP contribution is 2.37. The molecule has 4 N–H and O–H groups in total. The third-order valence-electron chi connectivity index (χ3n) is 6.40. The number of aromatic nitrogens is 2. The van der Waals surface area contributed by atoms with Gasteiger partial charge < -0.3 is 34.6 Å². The third kappa shape index (κ3) is 5.25. The van der Waals surface area contributed by atoms with E-state index < -0.39 is 37.3 Å². The lowest BCUT2D eigenvalue weighted by molar-refractivity contribution is -0.278. The molecule has 0 radical (unpaired) electrons. The Kier molecular flexibility index (Phi) is 7.97. The van der Waals surface area contributed by atoms with E-state index in [1.807, 2.05) is 74.0 Å². The molecule has 1 aromatic heterocycles. The lowest BCUT2D eigenvalue weighted by atomic mass is 9.99. The van der Waals surface area contributed by atoms with E-state index >= 15 is 0 Å². The van der Waals surface area contributed by atoms with Crippen LogP contribution in [0.25, 0.3) is 11.3 Å². The van der Waals surface area contributed by atoms with Crippen molar-refractivity contribution in [2.45, 2.75) is 63.9 Å². The van der Waals surface area contributed by atoms with Crippen molar-refractivity contribution in [2.75, 3.05) is 13.7 Å². The number of benzene rings is 2. The van der Waals surface area contributed by atoms with E-state index in [0.29, 0.717) is 6.42 Å². The highest BCUT2D eigenvalue weighted by molar-refractivity contribution is 5.67. The van der Waals surface area contributed by atoms with Crippen LogP contribution in [0.3, 0.4) is 0 Å². The van der Waals surface area contributed by atoms with E-state index in [-0.39, 0.29) is 11.9 Å². The van der Waals surface area contributed by atoms with Gasteiger partial charge in [0.05, 0.1) is 19.4 Å². The zero-order chi connectivity index (χ0) is 26.0. The molecule has 9 nitrogen and oxygen atoms in total. The van der Waals surface area contributed by atoms with Crippen LogP contribution in [0.4, 0.5) is 0 Å². The van der Waals surface area contributed by atoms with E-state index in [0.717, 1.165) is 33.7 Å². The highest BCUT2D eigenvalue weighted by atomic mass is 16.7. The van der Waals surface area contributed by atoms with Crippen molar-refractivity contribution >= 4 is 0 Å². The first-order chi connectivity index (χ1) is 17.2. The normalized spacial score (nSPS) is 24.2. The van der Waals surface area contributed by atoms with Crippen molar-refractivity contribution in [3.05, 3.63) is 65.2 Å². The fraction of sp³-hybridized carbons (Fsp3) is 0.444. The van der Waals surface area contributed by atoms with Crippen LogP contribution in [0.15, 0.2) is 48.5 Å². The SMILES string of the molecule is COc1ccc(Cc2c(O[C@@H]3O[C@H](CO)[C@@H](O)[C@H](O)[C@H]3O)nn(C(C)C)c2-c2ccc(C)cc2)cc1. The van der Waals surface area contributed by atoms with E-state index in [2.05, 4.69) is 0 Å². The van der Waals surface area contributed by atoms with Crippen LogP contribution < -0.4 is 9.47 Å². The van der Waals surface area contributed by atoms with Crippen molar-refractivity contribution in [1.29, 1.82) is 0 Å². The van der Waals surface area contributed by atoms with E-state index in [1.165, 1.54) is 0 Å². The molecular formula is C27H34N2O7. The van der Waals surface area contributed by atoms with Gasteiger partial charge in [-0.3, -0.25) is 4.68 Å². The molecule has 0 amide bonds. The molecule has 36 heavy (non-hydrogen) atoms. The summed E-state index contributed by atoms with van der Waals surface area (Å²) in [5, 5.41) is 45.3. The van der Waals surface area contributed by atoms with Gasteiger partial charge in [-0.25, -0.2) is 0 Å². The molecule has 1 fully saturated rings. The summed E-state index contributed by atoms with van der Waals surface area (Å²) in [6, 6.07) is 15.8. The van der Waals surface area contributed by atoms with E-state index in [1.54, 1.807) is 7.11 Å². The van der Waals surface area contributed by atoms with Crippen molar-refractivity contribution in [3.8, 4) is 22.9 Å². The molecule has 0 spiro atoms. The number of aliphatic hydroxyl groups excluding tert-OH is 4. The minimum atomic E-state index is -1.55. The number of hydrogen-bond donors (Lipinski definition) is 4. The predicted octanol–water partition coefficient (Wildman–Crippen LogP) is 2.22. The lowest BCUT2D eigenvalue weighted by Gasteiger charge is -2.39. The molecule has 194 valence electrons. The summed E-state index contributed by atoms with van der Waals surface area (Å²) in [7, 11) is 1.61. The standard InChI is InChI=1S/C27H34N2O7/c1-15(2)29-22(18-9-5-16(3)6-10-18)20(13-17-7-11-19(34-4)12-8-17)26(28-29)36-27-25(33)24(32)23(31)21(14-30)35-27/h5-12,15,21,23-25,27,30-33H,13-14H2,1-4H3/t21-,23-,24+,25-,27+/m1/s1. The van der Waals surface area contributed by atoms with Crippen LogP contribution in [0.2, 0.25) is 0 Å². The average Bonchev–Trinajstić information content (AvgIpc) is 3.23. The maximum absolute atomic E-state index is 10.6. The van der Waals surface area contributed by atoms with Gasteiger partial charge in [-0.2, -0.15) is 0 Å².